The summed E-state index contributed by atoms with van der Waals surface area (Å²) in [5.41, 5.74) is 11.3. The van der Waals surface area contributed by atoms with Crippen molar-refractivity contribution in [3.8, 4) is 21.1 Å². The predicted octanol–water partition coefficient (Wildman–Crippen LogP) is 13.1. The van der Waals surface area contributed by atoms with Gasteiger partial charge in [-0.1, -0.05) is 95.2 Å². The zero-order valence-corrected chi connectivity index (χ0v) is 47.2. The minimum Gasteiger partial charge on any atom is -0.341 e. The maximum absolute atomic E-state index is 13.0. The van der Waals surface area contributed by atoms with E-state index in [4.69, 9.17) is 9.97 Å². The molecule has 8 aromatic rings. The van der Waals surface area contributed by atoms with Gasteiger partial charge in [-0.05, 0) is 130 Å². The minimum absolute atomic E-state index is 0.0779. The molecule has 6 aromatic heterocycles. The fraction of sp³-hybridized carbons (Fsp3) is 0.467. The maximum atomic E-state index is 13.0. The van der Waals surface area contributed by atoms with Gasteiger partial charge in [0.25, 0.3) is 0 Å². The summed E-state index contributed by atoms with van der Waals surface area (Å²) < 4.78 is 3.74. The number of hydrogen-bond donors (Lipinski definition) is 0. The van der Waals surface area contributed by atoms with E-state index in [0.29, 0.717) is 24.0 Å². The topological polar surface area (TPSA) is 128 Å². The first-order chi connectivity index (χ1) is 35.0. The molecule has 2 amide bonds. The van der Waals surface area contributed by atoms with Crippen LogP contribution in [0.2, 0.25) is 0 Å². The number of likely N-dealkylation sites (tertiary alicyclic amines) is 2. The lowest BCUT2D eigenvalue weighted by atomic mass is 9.79. The quantitative estimate of drug-likeness (QED) is 0.147. The monoisotopic (exact) mass is 1030 g/mol. The standard InChI is InChI=1S/2C30H37N5OS/c1-29(2,3)22-14-21(15-23(16-22)30(4,5)6)28-32-17-25(37-28)20-9-12-34(13-10-20)26(36)18-35-19-33-27-24(35)8-7-11-31-27;1-29(2,3)22-14-21(15-23(16-22)30(4,5)6)28-32-17-25(37-28)20-9-12-34(13-10-20)26(36)18-35-19-33-24-8-7-11-31-27(24)35/h2*7-8,11,14-17,19-20H,9-10,12-13,18H2,1-6H3. The molecule has 0 radical (unpaired) electrons. The second-order valence-electron chi connectivity index (χ2n) is 24.5. The molecule has 2 aliphatic rings. The summed E-state index contributed by atoms with van der Waals surface area (Å²) >= 11 is 3.62. The Hall–Kier alpha value is -6.12. The number of benzene rings is 2. The molecule has 2 fully saturated rings. The van der Waals surface area contributed by atoms with Gasteiger partial charge < -0.3 is 18.9 Å². The molecular formula is C60H74N10O2S2. The van der Waals surface area contributed by atoms with Crippen molar-refractivity contribution in [3.05, 3.63) is 130 Å². The molecule has 2 aromatic carbocycles. The Balaban J connectivity index is 0.000000182. The molecule has 388 valence electrons. The number of amides is 2. The zero-order chi connectivity index (χ0) is 52.7. The van der Waals surface area contributed by atoms with E-state index in [0.717, 1.165) is 78.6 Å². The number of imidazole rings is 2. The van der Waals surface area contributed by atoms with E-state index in [1.165, 1.54) is 43.1 Å². The average Bonchev–Trinajstić information content (AvgIpc) is 4.21. The second kappa shape index (κ2) is 20.9. The van der Waals surface area contributed by atoms with Crippen LogP contribution in [0.1, 0.15) is 153 Å². The van der Waals surface area contributed by atoms with Gasteiger partial charge in [0.15, 0.2) is 11.3 Å². The lowest BCUT2D eigenvalue weighted by Crippen LogP contribution is -2.39. The number of aromatic nitrogens is 8. The highest BCUT2D eigenvalue weighted by Gasteiger charge is 2.29. The Morgan fingerprint density at radius 3 is 1.39 bits per heavy atom. The third kappa shape index (κ3) is 12.0. The molecule has 0 N–H and O–H groups in total. The second-order valence-corrected chi connectivity index (χ2v) is 26.6. The molecule has 8 heterocycles. The molecule has 0 spiro atoms. The molecular weight excluding hydrogens is 957 g/mol. The normalized spacial score (nSPS) is 15.5. The molecule has 2 aliphatic heterocycles. The molecule has 0 saturated carbocycles. The van der Waals surface area contributed by atoms with E-state index < -0.39 is 0 Å². The van der Waals surface area contributed by atoms with Crippen LogP contribution < -0.4 is 0 Å². The highest BCUT2D eigenvalue weighted by Crippen LogP contribution is 2.41. The lowest BCUT2D eigenvalue weighted by molar-refractivity contribution is -0.133. The summed E-state index contributed by atoms with van der Waals surface area (Å²) in [7, 11) is 0. The van der Waals surface area contributed by atoms with Crippen molar-refractivity contribution in [3.63, 3.8) is 0 Å². The Morgan fingerprint density at radius 2 is 0.932 bits per heavy atom. The van der Waals surface area contributed by atoms with Crippen LogP contribution in [0.15, 0.2) is 98.1 Å². The van der Waals surface area contributed by atoms with Crippen LogP contribution in [0.4, 0.5) is 0 Å². The van der Waals surface area contributed by atoms with Crippen LogP contribution in [0, 0.1) is 0 Å². The summed E-state index contributed by atoms with van der Waals surface area (Å²) in [5.74, 6) is 1.16. The molecule has 2 saturated heterocycles. The van der Waals surface area contributed by atoms with Gasteiger partial charge in [-0.3, -0.25) is 9.59 Å². The van der Waals surface area contributed by atoms with Gasteiger partial charge >= 0.3 is 0 Å². The van der Waals surface area contributed by atoms with Gasteiger partial charge in [-0.15, -0.1) is 22.7 Å². The van der Waals surface area contributed by atoms with Crippen molar-refractivity contribution in [1.82, 2.24) is 48.8 Å². The first-order valence-corrected chi connectivity index (χ1v) is 27.9. The van der Waals surface area contributed by atoms with Crippen molar-refractivity contribution in [2.45, 2.75) is 155 Å². The number of fused-ring (bicyclic) bond motifs is 2. The number of nitrogens with zero attached hydrogens (tertiary/aromatic N) is 10. The highest BCUT2D eigenvalue weighted by molar-refractivity contribution is 7.15. The van der Waals surface area contributed by atoms with Crippen LogP contribution in [0.25, 0.3) is 43.5 Å². The summed E-state index contributed by atoms with van der Waals surface area (Å²) in [6, 6.07) is 21.6. The van der Waals surface area contributed by atoms with Gasteiger partial charge in [0.05, 0.1) is 18.2 Å². The SMILES string of the molecule is CC(C)(C)c1cc(-c2ncc(C3CCN(C(=O)Cn4cnc5cccnc54)CC3)s2)cc(C(C)(C)C)c1.CC(C)(C)c1cc(-c2ncc(C3CCN(C(=O)Cn4cnc5ncccc54)CC3)s2)cc(C(C)(C)C)c1. The van der Waals surface area contributed by atoms with Gasteiger partial charge in [0, 0.05) is 71.8 Å². The van der Waals surface area contributed by atoms with Crippen LogP contribution >= 0.6 is 22.7 Å². The van der Waals surface area contributed by atoms with Crippen molar-refractivity contribution in [2.24, 2.45) is 0 Å². The van der Waals surface area contributed by atoms with Gasteiger partial charge in [-0.2, -0.15) is 0 Å². The number of hydrogen-bond acceptors (Lipinski definition) is 10. The summed E-state index contributed by atoms with van der Waals surface area (Å²) in [6.07, 6.45) is 14.9. The van der Waals surface area contributed by atoms with Crippen LogP contribution in [0.5, 0.6) is 0 Å². The third-order valence-electron chi connectivity index (χ3n) is 14.8. The number of thiazole rings is 2. The van der Waals surface area contributed by atoms with Gasteiger partial charge in [-0.25, -0.2) is 29.9 Å². The predicted molar refractivity (Wildman–Crippen MR) is 302 cm³/mol. The minimum atomic E-state index is 0.0779. The number of piperidine rings is 2. The average molecular weight is 1030 g/mol. The van der Waals surface area contributed by atoms with Crippen LogP contribution in [-0.4, -0.2) is 86.8 Å². The first kappa shape index (κ1) is 52.7. The van der Waals surface area contributed by atoms with E-state index in [1.807, 2.05) is 65.9 Å². The smallest absolute Gasteiger partial charge is 0.242 e. The Bertz CT molecular complexity index is 2980. The number of carbonyl (C=O) groups is 2. The van der Waals surface area contributed by atoms with Crippen molar-refractivity contribution >= 4 is 56.8 Å². The largest absolute Gasteiger partial charge is 0.341 e. The van der Waals surface area contributed by atoms with Crippen molar-refractivity contribution < 1.29 is 9.59 Å². The molecule has 12 nitrogen and oxygen atoms in total. The van der Waals surface area contributed by atoms with Crippen LogP contribution in [0.3, 0.4) is 0 Å². The third-order valence-corrected chi connectivity index (χ3v) is 17.2. The Morgan fingerprint density at radius 1 is 0.514 bits per heavy atom. The molecule has 10 rings (SSSR count). The van der Waals surface area contributed by atoms with E-state index in [-0.39, 0.29) is 40.0 Å². The molecule has 0 aliphatic carbocycles. The van der Waals surface area contributed by atoms with E-state index in [2.05, 4.69) is 152 Å². The van der Waals surface area contributed by atoms with Crippen molar-refractivity contribution in [1.29, 1.82) is 0 Å². The number of carbonyl (C=O) groups excluding carboxylic acids is 2. The maximum Gasteiger partial charge on any atom is 0.242 e. The van der Waals surface area contributed by atoms with E-state index in [1.54, 1.807) is 25.0 Å². The lowest BCUT2D eigenvalue weighted by Gasteiger charge is -2.31. The fourth-order valence-electron chi connectivity index (χ4n) is 9.81. The molecule has 74 heavy (non-hydrogen) atoms. The summed E-state index contributed by atoms with van der Waals surface area (Å²) in [4.78, 5) is 59.7. The Labute approximate surface area is 445 Å². The first-order valence-electron chi connectivity index (χ1n) is 26.3. The number of pyridine rings is 2. The molecule has 0 bridgehead atoms. The summed E-state index contributed by atoms with van der Waals surface area (Å²) in [6.45, 7) is 30.9. The zero-order valence-electron chi connectivity index (χ0n) is 45.6. The van der Waals surface area contributed by atoms with E-state index in [9.17, 15) is 9.59 Å². The number of rotatable bonds is 8. The molecule has 14 heteroatoms. The molecule has 0 unspecified atom stereocenters. The Kier molecular flexibility index (Phi) is 14.9. The van der Waals surface area contributed by atoms with Gasteiger partial charge in [0.2, 0.25) is 11.8 Å². The van der Waals surface area contributed by atoms with Crippen molar-refractivity contribution in [2.75, 3.05) is 26.2 Å². The van der Waals surface area contributed by atoms with E-state index >= 15 is 0 Å². The fourth-order valence-corrected chi connectivity index (χ4v) is 12.0. The summed E-state index contributed by atoms with van der Waals surface area (Å²) in [5, 5.41) is 2.18. The van der Waals surface area contributed by atoms with Gasteiger partial charge in [0.1, 0.15) is 28.6 Å². The molecule has 0 atom stereocenters. The highest BCUT2D eigenvalue weighted by atomic mass is 32.1. The van der Waals surface area contributed by atoms with Crippen LogP contribution in [-0.2, 0) is 44.3 Å².